The smallest absolute Gasteiger partial charge is 0.329 e. The highest BCUT2D eigenvalue weighted by molar-refractivity contribution is 6.39. The van der Waals surface area contributed by atoms with Crippen molar-refractivity contribution in [3.63, 3.8) is 0 Å². The van der Waals surface area contributed by atoms with E-state index in [2.05, 4.69) is 15.8 Å². The lowest BCUT2D eigenvalue weighted by Crippen LogP contribution is -2.32. The summed E-state index contributed by atoms with van der Waals surface area (Å²) in [5.41, 5.74) is 2.84. The molecule has 0 saturated heterocycles. The minimum atomic E-state index is -0.954. The van der Waals surface area contributed by atoms with Gasteiger partial charge in [-0.1, -0.05) is 12.1 Å². The van der Waals surface area contributed by atoms with Crippen LogP contribution in [0.15, 0.2) is 47.6 Å². The molecular formula is C18H19N3O5. The van der Waals surface area contributed by atoms with Crippen molar-refractivity contribution in [2.75, 3.05) is 19.0 Å². The van der Waals surface area contributed by atoms with Crippen molar-refractivity contribution in [2.24, 2.45) is 5.10 Å². The summed E-state index contributed by atoms with van der Waals surface area (Å²) >= 11 is 0. The molecule has 3 N–H and O–H groups in total. The fourth-order valence-corrected chi connectivity index (χ4v) is 2.02. The maximum atomic E-state index is 11.9. The predicted octanol–water partition coefficient (Wildman–Crippen LogP) is 1.89. The monoisotopic (exact) mass is 357 g/mol. The molecule has 8 nitrogen and oxygen atoms in total. The van der Waals surface area contributed by atoms with Crippen molar-refractivity contribution < 1.29 is 24.2 Å². The first-order valence-corrected chi connectivity index (χ1v) is 7.78. The molecular weight excluding hydrogens is 338 g/mol. The van der Waals surface area contributed by atoms with Gasteiger partial charge in [-0.2, -0.15) is 5.10 Å². The van der Waals surface area contributed by atoms with E-state index in [-0.39, 0.29) is 5.75 Å². The van der Waals surface area contributed by atoms with Crippen LogP contribution in [-0.4, -0.2) is 36.9 Å². The number of nitrogens with zero attached hydrogens (tertiary/aromatic N) is 1. The maximum absolute atomic E-state index is 11.9. The van der Waals surface area contributed by atoms with Gasteiger partial charge in [-0.25, -0.2) is 5.43 Å². The Kier molecular flexibility index (Phi) is 6.55. The molecule has 8 heteroatoms. The number of carbonyl (C=O) groups is 2. The minimum Gasteiger partial charge on any atom is -0.504 e. The summed E-state index contributed by atoms with van der Waals surface area (Å²) in [7, 11) is 1.50. The van der Waals surface area contributed by atoms with E-state index in [1.807, 2.05) is 0 Å². The van der Waals surface area contributed by atoms with Crippen LogP contribution >= 0.6 is 0 Å². The van der Waals surface area contributed by atoms with Gasteiger partial charge in [0.05, 0.1) is 19.9 Å². The summed E-state index contributed by atoms with van der Waals surface area (Å²) in [5, 5.41) is 16.1. The van der Waals surface area contributed by atoms with Crippen molar-refractivity contribution in [3.8, 4) is 17.2 Å². The maximum Gasteiger partial charge on any atom is 0.329 e. The highest BCUT2D eigenvalue weighted by Gasteiger charge is 2.13. The Labute approximate surface area is 150 Å². The molecule has 0 aliphatic carbocycles. The molecule has 2 amide bonds. The van der Waals surface area contributed by atoms with Crippen molar-refractivity contribution >= 4 is 23.7 Å². The van der Waals surface area contributed by atoms with Gasteiger partial charge >= 0.3 is 11.8 Å². The highest BCUT2D eigenvalue weighted by Crippen LogP contribution is 2.28. The third-order valence-corrected chi connectivity index (χ3v) is 3.23. The van der Waals surface area contributed by atoms with E-state index < -0.39 is 11.8 Å². The van der Waals surface area contributed by atoms with E-state index in [9.17, 15) is 14.7 Å². The second-order valence-electron chi connectivity index (χ2n) is 5.01. The van der Waals surface area contributed by atoms with Gasteiger partial charge in [0.2, 0.25) is 0 Å². The summed E-state index contributed by atoms with van der Waals surface area (Å²) in [4.78, 5) is 23.6. The topological polar surface area (TPSA) is 109 Å². The molecule has 0 saturated carbocycles. The van der Waals surface area contributed by atoms with E-state index >= 15 is 0 Å². The molecule has 2 aromatic carbocycles. The third-order valence-electron chi connectivity index (χ3n) is 3.23. The lowest BCUT2D eigenvalue weighted by molar-refractivity contribution is -0.136. The number of phenolic OH excluding ortho intramolecular Hbond substituents is 1. The van der Waals surface area contributed by atoms with Gasteiger partial charge in [0.1, 0.15) is 5.75 Å². The number of ether oxygens (including phenoxy) is 2. The number of nitrogens with one attached hydrogen (secondary N) is 2. The number of methoxy groups -OCH3 is 1. The number of carbonyl (C=O) groups excluding carboxylic acids is 2. The van der Waals surface area contributed by atoms with Crippen LogP contribution in [-0.2, 0) is 9.59 Å². The second kappa shape index (κ2) is 9.07. The van der Waals surface area contributed by atoms with Crippen molar-refractivity contribution in [1.82, 2.24) is 5.43 Å². The van der Waals surface area contributed by atoms with Crippen LogP contribution in [0.25, 0.3) is 0 Å². The molecule has 0 atom stereocenters. The van der Waals surface area contributed by atoms with Crippen molar-refractivity contribution in [3.05, 3.63) is 48.0 Å². The quantitative estimate of drug-likeness (QED) is 0.415. The Balaban J connectivity index is 1.96. The SMILES string of the molecule is CCOc1cccc(/C=N/NC(=O)C(=O)Nc2cccc(OC)c2)c1O. The fraction of sp³-hybridized carbons (Fsp3) is 0.167. The van der Waals surface area contributed by atoms with Gasteiger partial charge in [0.15, 0.2) is 11.5 Å². The summed E-state index contributed by atoms with van der Waals surface area (Å²) in [6, 6.07) is 11.4. The molecule has 0 bridgehead atoms. The number of hydrogen-bond acceptors (Lipinski definition) is 6. The van der Waals surface area contributed by atoms with Crippen LogP contribution in [0, 0.1) is 0 Å². The van der Waals surface area contributed by atoms with Crippen LogP contribution in [0.5, 0.6) is 17.2 Å². The van der Waals surface area contributed by atoms with Gasteiger partial charge in [-0.15, -0.1) is 0 Å². The Morgan fingerprint density at radius 3 is 2.69 bits per heavy atom. The first kappa shape index (κ1) is 18.8. The standard InChI is InChI=1S/C18H19N3O5/c1-3-26-15-9-4-6-12(16(15)22)11-19-21-18(24)17(23)20-13-7-5-8-14(10-13)25-2/h4-11,22H,3H2,1-2H3,(H,20,23)(H,21,24)/b19-11+. The van der Waals surface area contributed by atoms with Crippen LogP contribution in [0.4, 0.5) is 5.69 Å². The fourth-order valence-electron chi connectivity index (χ4n) is 2.02. The van der Waals surface area contributed by atoms with E-state index in [0.717, 1.165) is 0 Å². The number of benzene rings is 2. The predicted molar refractivity (Wildman–Crippen MR) is 96.6 cm³/mol. The summed E-state index contributed by atoms with van der Waals surface area (Å²) in [6.07, 6.45) is 1.22. The molecule has 0 fully saturated rings. The molecule has 0 aliphatic heterocycles. The average molecular weight is 357 g/mol. The zero-order valence-corrected chi connectivity index (χ0v) is 14.4. The van der Waals surface area contributed by atoms with Crippen LogP contribution in [0.1, 0.15) is 12.5 Å². The van der Waals surface area contributed by atoms with Crippen LogP contribution in [0.3, 0.4) is 0 Å². The second-order valence-corrected chi connectivity index (χ2v) is 5.01. The Hall–Kier alpha value is -3.55. The highest BCUT2D eigenvalue weighted by atomic mass is 16.5. The van der Waals surface area contributed by atoms with Gasteiger partial charge in [-0.05, 0) is 31.2 Å². The summed E-state index contributed by atoms with van der Waals surface area (Å²) in [6.45, 7) is 2.19. The minimum absolute atomic E-state index is 0.104. The first-order valence-electron chi connectivity index (χ1n) is 7.78. The van der Waals surface area contributed by atoms with E-state index in [0.29, 0.717) is 29.4 Å². The molecule has 2 aromatic rings. The molecule has 0 spiro atoms. The number of aromatic hydroxyl groups is 1. The van der Waals surface area contributed by atoms with Gasteiger partial charge < -0.3 is 19.9 Å². The number of rotatable bonds is 6. The number of hydrogen-bond donors (Lipinski definition) is 3. The first-order chi connectivity index (χ1) is 12.5. The lowest BCUT2D eigenvalue weighted by atomic mass is 10.2. The normalized spacial score (nSPS) is 10.4. The zero-order valence-electron chi connectivity index (χ0n) is 14.4. The average Bonchev–Trinajstić information content (AvgIpc) is 2.64. The Bertz CT molecular complexity index is 820. The van der Waals surface area contributed by atoms with E-state index in [1.165, 1.54) is 13.3 Å². The molecule has 0 unspecified atom stereocenters. The van der Waals surface area contributed by atoms with Crippen LogP contribution in [0.2, 0.25) is 0 Å². The Morgan fingerprint density at radius 1 is 1.19 bits per heavy atom. The number of hydrazone groups is 1. The molecule has 0 aromatic heterocycles. The largest absolute Gasteiger partial charge is 0.504 e. The van der Waals surface area contributed by atoms with E-state index in [1.54, 1.807) is 49.4 Å². The molecule has 0 heterocycles. The molecule has 0 aliphatic rings. The number of amides is 2. The van der Waals surface area contributed by atoms with E-state index in [4.69, 9.17) is 9.47 Å². The number of para-hydroxylation sites is 1. The van der Waals surface area contributed by atoms with Crippen LogP contribution < -0.4 is 20.2 Å². The summed E-state index contributed by atoms with van der Waals surface area (Å²) in [5.74, 6) is -1.09. The molecule has 0 radical (unpaired) electrons. The molecule has 136 valence electrons. The van der Waals surface area contributed by atoms with Crippen molar-refractivity contribution in [1.29, 1.82) is 0 Å². The van der Waals surface area contributed by atoms with Gasteiger partial charge in [0, 0.05) is 17.3 Å². The van der Waals surface area contributed by atoms with Gasteiger partial charge in [-0.3, -0.25) is 9.59 Å². The molecule has 2 rings (SSSR count). The third kappa shape index (κ3) is 4.97. The summed E-state index contributed by atoms with van der Waals surface area (Å²) < 4.78 is 10.3. The zero-order chi connectivity index (χ0) is 18.9. The number of anilines is 1. The Morgan fingerprint density at radius 2 is 1.96 bits per heavy atom. The van der Waals surface area contributed by atoms with Gasteiger partial charge in [0.25, 0.3) is 0 Å². The number of phenols is 1. The van der Waals surface area contributed by atoms with Crippen molar-refractivity contribution in [2.45, 2.75) is 6.92 Å². The lowest BCUT2D eigenvalue weighted by Gasteiger charge is -2.07. The molecule has 26 heavy (non-hydrogen) atoms.